The van der Waals surface area contributed by atoms with Crippen LogP contribution < -0.4 is 10.6 Å². The van der Waals surface area contributed by atoms with Gasteiger partial charge in [-0.1, -0.05) is 5.21 Å². The summed E-state index contributed by atoms with van der Waals surface area (Å²) in [5.41, 5.74) is 0. The van der Waals surface area contributed by atoms with Crippen LogP contribution in [0.25, 0.3) is 0 Å². The molecule has 0 atom stereocenters. The van der Waals surface area contributed by atoms with E-state index in [1.807, 2.05) is 0 Å². The van der Waals surface area contributed by atoms with Crippen molar-refractivity contribution in [3.8, 4) is 0 Å². The van der Waals surface area contributed by atoms with Crippen molar-refractivity contribution in [1.29, 1.82) is 0 Å². The Kier molecular flexibility index (Phi) is 2.62. The molecule has 0 aromatic carbocycles. The minimum absolute atomic E-state index is 0.0902. The van der Waals surface area contributed by atoms with Gasteiger partial charge in [0.1, 0.15) is 0 Å². The summed E-state index contributed by atoms with van der Waals surface area (Å²) >= 11 is 0. The Morgan fingerprint density at radius 1 is 1.57 bits per heavy atom. The molecular formula is C8H13N5O. The van der Waals surface area contributed by atoms with Gasteiger partial charge in [0.2, 0.25) is 0 Å². The Hall–Kier alpha value is -1.59. The molecule has 2 N–H and O–H groups in total. The fraction of sp³-hybridized carbons (Fsp3) is 0.625. The van der Waals surface area contributed by atoms with Crippen LogP contribution >= 0.6 is 0 Å². The first kappa shape index (κ1) is 8.98. The summed E-state index contributed by atoms with van der Waals surface area (Å²) in [4.78, 5) is 11.2. The fourth-order valence-corrected chi connectivity index (χ4v) is 1.10. The maximum absolute atomic E-state index is 11.2. The molecule has 14 heavy (non-hydrogen) atoms. The SMILES string of the molecule is O=C(NCCn1ccnn1)NC1CC1. The van der Waals surface area contributed by atoms with Gasteiger partial charge >= 0.3 is 6.03 Å². The molecule has 2 amide bonds. The summed E-state index contributed by atoms with van der Waals surface area (Å²) in [7, 11) is 0. The van der Waals surface area contributed by atoms with Crippen molar-refractivity contribution in [2.75, 3.05) is 6.54 Å². The highest BCUT2D eigenvalue weighted by Gasteiger charge is 2.22. The van der Waals surface area contributed by atoms with E-state index < -0.39 is 0 Å². The van der Waals surface area contributed by atoms with Crippen molar-refractivity contribution in [3.05, 3.63) is 12.4 Å². The number of urea groups is 1. The third-order valence-electron chi connectivity index (χ3n) is 2.01. The van der Waals surface area contributed by atoms with Crippen LogP contribution in [-0.4, -0.2) is 33.6 Å². The number of nitrogens with one attached hydrogen (secondary N) is 2. The van der Waals surface area contributed by atoms with Crippen LogP contribution in [0.4, 0.5) is 4.79 Å². The Labute approximate surface area is 81.7 Å². The number of amides is 2. The van der Waals surface area contributed by atoms with Crippen LogP contribution in [0.15, 0.2) is 12.4 Å². The minimum Gasteiger partial charge on any atom is -0.336 e. The molecule has 1 aromatic rings. The molecule has 0 radical (unpaired) electrons. The summed E-state index contributed by atoms with van der Waals surface area (Å²) in [6, 6.07) is 0.314. The summed E-state index contributed by atoms with van der Waals surface area (Å²) in [6.45, 7) is 1.22. The maximum atomic E-state index is 11.2. The second-order valence-corrected chi connectivity index (χ2v) is 3.34. The van der Waals surface area contributed by atoms with Crippen LogP contribution in [0, 0.1) is 0 Å². The average molecular weight is 195 g/mol. The molecule has 0 aliphatic heterocycles. The van der Waals surface area contributed by atoms with Gasteiger partial charge in [-0.05, 0) is 12.8 Å². The number of carbonyl (C=O) groups is 1. The van der Waals surface area contributed by atoms with Gasteiger partial charge < -0.3 is 10.6 Å². The number of hydrogen-bond acceptors (Lipinski definition) is 3. The molecule has 0 unspecified atom stereocenters. The molecule has 2 rings (SSSR count). The summed E-state index contributed by atoms with van der Waals surface area (Å²) < 4.78 is 1.68. The molecule has 0 saturated heterocycles. The molecular weight excluding hydrogens is 182 g/mol. The first-order chi connectivity index (χ1) is 6.84. The van der Waals surface area contributed by atoms with E-state index >= 15 is 0 Å². The quantitative estimate of drug-likeness (QED) is 0.695. The Bertz CT molecular complexity index is 293. The van der Waals surface area contributed by atoms with Crippen LogP contribution in [0.2, 0.25) is 0 Å². The average Bonchev–Trinajstić information content (AvgIpc) is 2.82. The third kappa shape index (κ3) is 2.72. The molecule has 1 aliphatic carbocycles. The van der Waals surface area contributed by atoms with E-state index in [1.54, 1.807) is 17.1 Å². The molecule has 6 heteroatoms. The first-order valence-corrected chi connectivity index (χ1v) is 4.73. The smallest absolute Gasteiger partial charge is 0.315 e. The second-order valence-electron chi connectivity index (χ2n) is 3.34. The lowest BCUT2D eigenvalue weighted by Gasteiger charge is -2.05. The number of nitrogens with zero attached hydrogens (tertiary/aromatic N) is 3. The zero-order chi connectivity index (χ0) is 9.80. The van der Waals surface area contributed by atoms with E-state index in [-0.39, 0.29) is 6.03 Å². The molecule has 1 heterocycles. The van der Waals surface area contributed by atoms with Gasteiger partial charge in [-0.2, -0.15) is 0 Å². The molecule has 1 aliphatic rings. The standard InChI is InChI=1S/C8H13N5O/c14-8(11-7-1-2-7)9-3-5-13-6-4-10-12-13/h4,6-7H,1-3,5H2,(H2,9,11,14). The van der Waals surface area contributed by atoms with Gasteiger partial charge in [-0.25, -0.2) is 4.79 Å². The molecule has 76 valence electrons. The van der Waals surface area contributed by atoms with Crippen molar-refractivity contribution >= 4 is 6.03 Å². The molecule has 0 spiro atoms. The number of rotatable bonds is 4. The zero-order valence-electron chi connectivity index (χ0n) is 7.81. The van der Waals surface area contributed by atoms with Crippen molar-refractivity contribution < 1.29 is 4.79 Å². The molecule has 6 nitrogen and oxygen atoms in total. The van der Waals surface area contributed by atoms with E-state index in [4.69, 9.17) is 0 Å². The Morgan fingerprint density at radius 2 is 2.43 bits per heavy atom. The van der Waals surface area contributed by atoms with Crippen LogP contribution in [0.5, 0.6) is 0 Å². The van der Waals surface area contributed by atoms with E-state index in [0.717, 1.165) is 12.8 Å². The van der Waals surface area contributed by atoms with Crippen molar-refractivity contribution in [1.82, 2.24) is 25.6 Å². The lowest BCUT2D eigenvalue weighted by atomic mass is 10.6. The third-order valence-corrected chi connectivity index (χ3v) is 2.01. The predicted molar refractivity (Wildman–Crippen MR) is 49.6 cm³/mol. The van der Waals surface area contributed by atoms with Gasteiger partial charge in [0.15, 0.2) is 0 Å². The molecule has 1 aromatic heterocycles. The van der Waals surface area contributed by atoms with E-state index in [1.165, 1.54) is 0 Å². The summed E-state index contributed by atoms with van der Waals surface area (Å²) in [6.07, 6.45) is 5.59. The summed E-state index contributed by atoms with van der Waals surface area (Å²) in [5, 5.41) is 13.0. The monoisotopic (exact) mass is 195 g/mol. The Balaban J connectivity index is 1.60. The van der Waals surface area contributed by atoms with Crippen molar-refractivity contribution in [2.45, 2.75) is 25.4 Å². The van der Waals surface area contributed by atoms with Gasteiger partial charge in [-0.3, -0.25) is 4.68 Å². The molecule has 0 bridgehead atoms. The topological polar surface area (TPSA) is 71.8 Å². The maximum Gasteiger partial charge on any atom is 0.315 e. The van der Waals surface area contributed by atoms with Crippen molar-refractivity contribution in [3.63, 3.8) is 0 Å². The van der Waals surface area contributed by atoms with Crippen LogP contribution in [-0.2, 0) is 6.54 Å². The number of carbonyl (C=O) groups excluding carboxylic acids is 1. The predicted octanol–water partition coefficient (Wildman–Crippen LogP) is -0.260. The highest BCUT2D eigenvalue weighted by molar-refractivity contribution is 5.74. The van der Waals surface area contributed by atoms with Gasteiger partial charge in [0.25, 0.3) is 0 Å². The largest absolute Gasteiger partial charge is 0.336 e. The fourth-order valence-electron chi connectivity index (χ4n) is 1.10. The second kappa shape index (κ2) is 4.08. The highest BCUT2D eigenvalue weighted by atomic mass is 16.2. The van der Waals surface area contributed by atoms with Gasteiger partial charge in [0, 0.05) is 18.8 Å². The van der Waals surface area contributed by atoms with E-state index in [2.05, 4.69) is 20.9 Å². The van der Waals surface area contributed by atoms with E-state index in [0.29, 0.717) is 19.1 Å². The number of aromatic nitrogens is 3. The lowest BCUT2D eigenvalue weighted by Crippen LogP contribution is -2.38. The number of hydrogen-bond donors (Lipinski definition) is 2. The van der Waals surface area contributed by atoms with Crippen molar-refractivity contribution in [2.24, 2.45) is 0 Å². The minimum atomic E-state index is -0.0902. The molecule has 1 saturated carbocycles. The van der Waals surface area contributed by atoms with Gasteiger partial charge in [0.05, 0.1) is 12.7 Å². The first-order valence-electron chi connectivity index (χ1n) is 4.73. The normalized spacial score (nSPS) is 15.1. The zero-order valence-corrected chi connectivity index (χ0v) is 7.81. The van der Waals surface area contributed by atoms with E-state index in [9.17, 15) is 4.79 Å². The highest BCUT2D eigenvalue weighted by Crippen LogP contribution is 2.17. The van der Waals surface area contributed by atoms with Crippen LogP contribution in [0.1, 0.15) is 12.8 Å². The van der Waals surface area contributed by atoms with Crippen LogP contribution in [0.3, 0.4) is 0 Å². The lowest BCUT2D eigenvalue weighted by molar-refractivity contribution is 0.240. The van der Waals surface area contributed by atoms with Gasteiger partial charge in [-0.15, -0.1) is 5.10 Å². The summed E-state index contributed by atoms with van der Waals surface area (Å²) in [5.74, 6) is 0. The Morgan fingerprint density at radius 3 is 3.07 bits per heavy atom. The molecule has 1 fully saturated rings.